The highest BCUT2D eigenvalue weighted by Gasteiger charge is 2.05. The minimum Gasteiger partial charge on any atom is -0.380 e. The van der Waals surface area contributed by atoms with Crippen molar-refractivity contribution in [2.24, 2.45) is 11.7 Å². The number of aromatic nitrogens is 1. The van der Waals surface area contributed by atoms with Gasteiger partial charge in [-0.3, -0.25) is 0 Å². The summed E-state index contributed by atoms with van der Waals surface area (Å²) in [6, 6.07) is 8.43. The fourth-order valence-corrected chi connectivity index (χ4v) is 2.28. The Morgan fingerprint density at radius 1 is 1.21 bits per heavy atom. The third-order valence-corrected chi connectivity index (χ3v) is 3.41. The molecule has 2 N–H and O–H groups in total. The first-order valence-electron chi connectivity index (χ1n) is 7.07. The van der Waals surface area contributed by atoms with Gasteiger partial charge in [0, 0.05) is 25.9 Å². The van der Waals surface area contributed by atoms with E-state index in [0.717, 1.165) is 26.2 Å². The first-order chi connectivity index (χ1) is 9.22. The summed E-state index contributed by atoms with van der Waals surface area (Å²) in [5.74, 6) is 0.705. The van der Waals surface area contributed by atoms with Crippen molar-refractivity contribution >= 4 is 10.9 Å². The predicted octanol–water partition coefficient (Wildman–Crippen LogP) is 3.16. The SMILES string of the molecule is CC(C)CCOCCn1ccc2cccc(CN)c21. The normalized spacial score (nSPS) is 11.6. The Bertz CT molecular complexity index is 516. The number of hydrogen-bond donors (Lipinski definition) is 1. The van der Waals surface area contributed by atoms with Gasteiger partial charge in [0.15, 0.2) is 0 Å². The van der Waals surface area contributed by atoms with Crippen LogP contribution in [-0.2, 0) is 17.8 Å². The maximum Gasteiger partial charge on any atom is 0.0645 e. The zero-order chi connectivity index (χ0) is 13.7. The number of para-hydroxylation sites is 1. The van der Waals surface area contributed by atoms with E-state index in [2.05, 4.69) is 48.9 Å². The highest BCUT2D eigenvalue weighted by Crippen LogP contribution is 2.20. The Balaban J connectivity index is 1.97. The van der Waals surface area contributed by atoms with E-state index >= 15 is 0 Å². The quantitative estimate of drug-likeness (QED) is 0.777. The van der Waals surface area contributed by atoms with Crippen molar-refractivity contribution in [1.82, 2.24) is 4.57 Å². The molecule has 0 bridgehead atoms. The van der Waals surface area contributed by atoms with E-state index in [1.54, 1.807) is 0 Å². The Kier molecular flexibility index (Phi) is 5.00. The predicted molar refractivity (Wildman–Crippen MR) is 80.1 cm³/mol. The topological polar surface area (TPSA) is 40.2 Å². The molecule has 1 aromatic heterocycles. The largest absolute Gasteiger partial charge is 0.380 e. The molecule has 0 spiro atoms. The zero-order valence-corrected chi connectivity index (χ0v) is 11.9. The Hall–Kier alpha value is -1.32. The van der Waals surface area contributed by atoms with Crippen molar-refractivity contribution in [2.75, 3.05) is 13.2 Å². The van der Waals surface area contributed by atoms with E-state index in [4.69, 9.17) is 10.5 Å². The summed E-state index contributed by atoms with van der Waals surface area (Å²) in [5.41, 5.74) is 8.26. The van der Waals surface area contributed by atoms with Gasteiger partial charge in [0.1, 0.15) is 0 Å². The number of rotatable bonds is 7. The third-order valence-electron chi connectivity index (χ3n) is 3.41. The van der Waals surface area contributed by atoms with Gasteiger partial charge in [-0.25, -0.2) is 0 Å². The lowest BCUT2D eigenvalue weighted by Crippen LogP contribution is -2.08. The number of ether oxygens (including phenoxy) is 1. The summed E-state index contributed by atoms with van der Waals surface area (Å²) in [7, 11) is 0. The van der Waals surface area contributed by atoms with Crippen LogP contribution in [0.3, 0.4) is 0 Å². The van der Waals surface area contributed by atoms with E-state index in [1.807, 2.05) is 0 Å². The molecule has 19 heavy (non-hydrogen) atoms. The highest BCUT2D eigenvalue weighted by molar-refractivity contribution is 5.83. The molecular formula is C16H24N2O. The van der Waals surface area contributed by atoms with Gasteiger partial charge >= 0.3 is 0 Å². The molecule has 2 aromatic rings. The van der Waals surface area contributed by atoms with Gasteiger partial charge in [0.05, 0.1) is 12.1 Å². The molecule has 0 aliphatic rings. The van der Waals surface area contributed by atoms with Crippen LogP contribution in [-0.4, -0.2) is 17.8 Å². The second kappa shape index (κ2) is 6.73. The van der Waals surface area contributed by atoms with Gasteiger partial charge in [-0.2, -0.15) is 0 Å². The van der Waals surface area contributed by atoms with Crippen molar-refractivity contribution in [1.29, 1.82) is 0 Å². The molecule has 1 heterocycles. The molecule has 0 saturated carbocycles. The Labute approximate surface area is 115 Å². The lowest BCUT2D eigenvalue weighted by molar-refractivity contribution is 0.117. The van der Waals surface area contributed by atoms with Crippen molar-refractivity contribution in [3.8, 4) is 0 Å². The summed E-state index contributed by atoms with van der Waals surface area (Å²) in [5, 5.41) is 1.25. The summed E-state index contributed by atoms with van der Waals surface area (Å²) in [6.07, 6.45) is 3.25. The summed E-state index contributed by atoms with van der Waals surface area (Å²) >= 11 is 0. The third kappa shape index (κ3) is 3.58. The highest BCUT2D eigenvalue weighted by atomic mass is 16.5. The number of benzene rings is 1. The van der Waals surface area contributed by atoms with Crippen molar-refractivity contribution < 1.29 is 4.74 Å². The maximum absolute atomic E-state index is 5.81. The summed E-state index contributed by atoms with van der Waals surface area (Å²) < 4.78 is 7.93. The molecular weight excluding hydrogens is 236 g/mol. The monoisotopic (exact) mass is 260 g/mol. The second-order valence-corrected chi connectivity index (χ2v) is 5.36. The molecule has 3 nitrogen and oxygen atoms in total. The van der Waals surface area contributed by atoms with Crippen LogP contribution in [0.5, 0.6) is 0 Å². The van der Waals surface area contributed by atoms with E-state index < -0.39 is 0 Å². The minimum atomic E-state index is 0.579. The van der Waals surface area contributed by atoms with Crippen molar-refractivity contribution in [3.05, 3.63) is 36.0 Å². The lowest BCUT2D eigenvalue weighted by Gasteiger charge is -2.10. The van der Waals surface area contributed by atoms with E-state index in [-0.39, 0.29) is 0 Å². The number of fused-ring (bicyclic) bond motifs is 1. The van der Waals surface area contributed by atoms with Gasteiger partial charge in [-0.15, -0.1) is 0 Å². The molecule has 0 saturated heterocycles. The van der Waals surface area contributed by atoms with Gasteiger partial charge in [-0.1, -0.05) is 32.0 Å². The molecule has 2 rings (SSSR count). The molecule has 104 valence electrons. The number of nitrogens with two attached hydrogens (primary N) is 1. The van der Waals surface area contributed by atoms with Crippen LogP contribution in [0.1, 0.15) is 25.8 Å². The molecule has 0 atom stereocenters. The maximum atomic E-state index is 5.81. The fraction of sp³-hybridized carbons (Fsp3) is 0.500. The fourth-order valence-electron chi connectivity index (χ4n) is 2.28. The lowest BCUT2D eigenvalue weighted by atomic mass is 10.1. The van der Waals surface area contributed by atoms with Crippen LogP contribution in [0.2, 0.25) is 0 Å². The zero-order valence-electron chi connectivity index (χ0n) is 11.9. The van der Waals surface area contributed by atoms with E-state index in [1.165, 1.54) is 16.5 Å². The van der Waals surface area contributed by atoms with Crippen LogP contribution in [0.4, 0.5) is 0 Å². The van der Waals surface area contributed by atoms with Crippen molar-refractivity contribution in [3.63, 3.8) is 0 Å². The van der Waals surface area contributed by atoms with Crippen LogP contribution >= 0.6 is 0 Å². The van der Waals surface area contributed by atoms with Crippen LogP contribution in [0, 0.1) is 5.92 Å². The molecule has 3 heteroatoms. The van der Waals surface area contributed by atoms with Crippen LogP contribution in [0.25, 0.3) is 10.9 Å². The Morgan fingerprint density at radius 2 is 2.05 bits per heavy atom. The van der Waals surface area contributed by atoms with Crippen LogP contribution in [0.15, 0.2) is 30.5 Å². The van der Waals surface area contributed by atoms with Gasteiger partial charge in [0.2, 0.25) is 0 Å². The summed E-state index contributed by atoms with van der Waals surface area (Å²) in [6.45, 7) is 7.51. The standard InChI is InChI=1S/C16H24N2O/c1-13(2)7-10-19-11-9-18-8-6-14-4-3-5-15(12-17)16(14)18/h3-6,8,13H,7,9-12,17H2,1-2H3. The minimum absolute atomic E-state index is 0.579. The van der Waals surface area contributed by atoms with E-state index in [9.17, 15) is 0 Å². The first-order valence-corrected chi connectivity index (χ1v) is 7.07. The van der Waals surface area contributed by atoms with Gasteiger partial charge in [-0.05, 0) is 29.4 Å². The van der Waals surface area contributed by atoms with Crippen molar-refractivity contribution in [2.45, 2.75) is 33.4 Å². The first kappa shape index (κ1) is 14.1. The molecule has 0 unspecified atom stereocenters. The average molecular weight is 260 g/mol. The molecule has 0 amide bonds. The second-order valence-electron chi connectivity index (χ2n) is 5.36. The molecule has 0 fully saturated rings. The molecule has 1 aromatic carbocycles. The molecule has 0 radical (unpaired) electrons. The summed E-state index contributed by atoms with van der Waals surface area (Å²) in [4.78, 5) is 0. The van der Waals surface area contributed by atoms with Crippen LogP contribution < -0.4 is 5.73 Å². The smallest absolute Gasteiger partial charge is 0.0645 e. The Morgan fingerprint density at radius 3 is 2.79 bits per heavy atom. The number of nitrogens with zero attached hydrogens (tertiary/aromatic N) is 1. The number of hydrogen-bond acceptors (Lipinski definition) is 2. The van der Waals surface area contributed by atoms with Gasteiger partial charge in [0.25, 0.3) is 0 Å². The molecule has 0 aliphatic carbocycles. The average Bonchev–Trinajstić information content (AvgIpc) is 2.81. The molecule has 0 aliphatic heterocycles. The van der Waals surface area contributed by atoms with E-state index in [0.29, 0.717) is 12.5 Å². The van der Waals surface area contributed by atoms with Gasteiger partial charge < -0.3 is 15.0 Å².